The summed E-state index contributed by atoms with van der Waals surface area (Å²) in [5, 5.41) is 13.4. The third-order valence-corrected chi connectivity index (χ3v) is 3.46. The van der Waals surface area contributed by atoms with E-state index in [1.165, 1.54) is 0 Å². The molecule has 1 fully saturated rings. The zero-order valence-corrected chi connectivity index (χ0v) is 11.2. The zero-order valence-electron chi connectivity index (χ0n) is 9.58. The molecular weight excluding hydrogens is 255 g/mol. The van der Waals surface area contributed by atoms with Crippen LogP contribution in [0.1, 0.15) is 18.4 Å². The molecule has 2 rings (SSSR count). The predicted molar refractivity (Wildman–Crippen MR) is 72.6 cm³/mol. The molecule has 1 saturated heterocycles. The zero-order chi connectivity index (χ0) is 11.4. The van der Waals surface area contributed by atoms with Crippen LogP contribution in [0, 0.1) is 16.7 Å². The SMILES string of the molecule is Cl.N#CC1(Cc2cccc(Cl)c2)CCNCC1. The fraction of sp³-hybridized carbons (Fsp3) is 0.462. The Balaban J connectivity index is 0.00000144. The van der Waals surface area contributed by atoms with Crippen molar-refractivity contribution in [2.24, 2.45) is 5.41 Å². The molecule has 1 N–H and O–H groups in total. The lowest BCUT2D eigenvalue weighted by Gasteiger charge is -2.31. The van der Waals surface area contributed by atoms with Gasteiger partial charge in [-0.15, -0.1) is 12.4 Å². The maximum absolute atomic E-state index is 9.36. The molecule has 17 heavy (non-hydrogen) atoms. The van der Waals surface area contributed by atoms with Crippen LogP contribution in [0.2, 0.25) is 5.02 Å². The van der Waals surface area contributed by atoms with E-state index in [9.17, 15) is 5.26 Å². The summed E-state index contributed by atoms with van der Waals surface area (Å²) in [4.78, 5) is 0. The normalized spacial score (nSPS) is 17.9. The second-order valence-electron chi connectivity index (χ2n) is 4.45. The van der Waals surface area contributed by atoms with Crippen LogP contribution in [0.25, 0.3) is 0 Å². The van der Waals surface area contributed by atoms with Crippen LogP contribution in [0.5, 0.6) is 0 Å². The van der Waals surface area contributed by atoms with Crippen molar-refractivity contribution in [2.45, 2.75) is 19.3 Å². The molecule has 1 aliphatic rings. The summed E-state index contributed by atoms with van der Waals surface area (Å²) in [6.45, 7) is 1.88. The lowest BCUT2D eigenvalue weighted by molar-refractivity contribution is 0.280. The van der Waals surface area contributed by atoms with Gasteiger partial charge in [0, 0.05) is 5.02 Å². The molecule has 1 heterocycles. The lowest BCUT2D eigenvalue weighted by Crippen LogP contribution is -2.37. The van der Waals surface area contributed by atoms with Gasteiger partial charge in [-0.05, 0) is 50.0 Å². The Hall–Kier alpha value is -0.750. The van der Waals surface area contributed by atoms with Crippen LogP contribution in [0.4, 0.5) is 0 Å². The number of nitriles is 1. The van der Waals surface area contributed by atoms with Gasteiger partial charge in [-0.1, -0.05) is 23.7 Å². The minimum atomic E-state index is -0.198. The molecule has 1 aromatic carbocycles. The van der Waals surface area contributed by atoms with E-state index in [1.54, 1.807) is 0 Å². The number of hydrogen-bond acceptors (Lipinski definition) is 2. The number of nitrogens with zero attached hydrogens (tertiary/aromatic N) is 1. The average Bonchev–Trinajstić information content (AvgIpc) is 2.30. The first kappa shape index (κ1) is 14.3. The Bertz CT molecular complexity index is 406. The van der Waals surface area contributed by atoms with Gasteiger partial charge < -0.3 is 5.32 Å². The van der Waals surface area contributed by atoms with Crippen molar-refractivity contribution in [3.63, 3.8) is 0 Å². The maximum atomic E-state index is 9.36. The van der Waals surface area contributed by atoms with Crippen molar-refractivity contribution in [3.05, 3.63) is 34.9 Å². The highest BCUT2D eigenvalue weighted by atomic mass is 35.5. The van der Waals surface area contributed by atoms with Gasteiger partial charge in [-0.2, -0.15) is 5.26 Å². The third kappa shape index (κ3) is 3.61. The van der Waals surface area contributed by atoms with E-state index in [0.717, 1.165) is 42.9 Å². The molecule has 0 radical (unpaired) electrons. The highest BCUT2D eigenvalue weighted by Gasteiger charge is 2.32. The van der Waals surface area contributed by atoms with Gasteiger partial charge >= 0.3 is 0 Å². The molecule has 2 nitrogen and oxygen atoms in total. The Morgan fingerprint density at radius 2 is 2.06 bits per heavy atom. The molecule has 0 bridgehead atoms. The fourth-order valence-corrected chi connectivity index (χ4v) is 2.48. The van der Waals surface area contributed by atoms with Crippen molar-refractivity contribution in [1.29, 1.82) is 5.26 Å². The first-order valence-electron chi connectivity index (χ1n) is 5.61. The van der Waals surface area contributed by atoms with E-state index >= 15 is 0 Å². The highest BCUT2D eigenvalue weighted by molar-refractivity contribution is 6.30. The number of nitrogens with one attached hydrogen (secondary N) is 1. The summed E-state index contributed by atoms with van der Waals surface area (Å²) in [5.41, 5.74) is 0.964. The molecule has 92 valence electrons. The highest BCUT2D eigenvalue weighted by Crippen LogP contribution is 2.32. The standard InChI is InChI=1S/C13H15ClN2.ClH/c14-12-3-1-2-11(8-12)9-13(10-15)4-6-16-7-5-13;/h1-3,8,16H,4-7,9H2;1H. The van der Waals surface area contributed by atoms with Crippen LogP contribution in [-0.2, 0) is 6.42 Å². The molecule has 1 aliphatic heterocycles. The number of benzene rings is 1. The Morgan fingerprint density at radius 1 is 1.35 bits per heavy atom. The first-order valence-corrected chi connectivity index (χ1v) is 5.98. The van der Waals surface area contributed by atoms with Gasteiger partial charge in [0.25, 0.3) is 0 Å². The van der Waals surface area contributed by atoms with Gasteiger partial charge in [0.2, 0.25) is 0 Å². The van der Waals surface area contributed by atoms with E-state index in [-0.39, 0.29) is 17.8 Å². The number of rotatable bonds is 2. The molecule has 0 unspecified atom stereocenters. The summed E-state index contributed by atoms with van der Waals surface area (Å²) in [5.74, 6) is 0. The lowest BCUT2D eigenvalue weighted by atomic mass is 9.75. The summed E-state index contributed by atoms with van der Waals surface area (Å²) in [6, 6.07) is 10.3. The minimum absolute atomic E-state index is 0. The minimum Gasteiger partial charge on any atom is -0.317 e. The molecular formula is C13H16Cl2N2. The van der Waals surface area contributed by atoms with Crippen LogP contribution in [0.3, 0.4) is 0 Å². The van der Waals surface area contributed by atoms with Crippen LogP contribution >= 0.6 is 24.0 Å². The Kier molecular flexibility index (Phi) is 5.27. The molecule has 0 atom stereocenters. The number of hydrogen-bond donors (Lipinski definition) is 1. The van der Waals surface area contributed by atoms with Crippen molar-refractivity contribution >= 4 is 24.0 Å². The van der Waals surface area contributed by atoms with Gasteiger partial charge in [0.05, 0.1) is 11.5 Å². The first-order chi connectivity index (χ1) is 7.74. The van der Waals surface area contributed by atoms with Crippen LogP contribution in [0.15, 0.2) is 24.3 Å². The molecule has 1 aromatic rings. The van der Waals surface area contributed by atoms with E-state index in [1.807, 2.05) is 24.3 Å². The molecule has 0 saturated carbocycles. The number of halogens is 2. The summed E-state index contributed by atoms with van der Waals surface area (Å²) < 4.78 is 0. The predicted octanol–water partition coefficient (Wildman–Crippen LogP) is 3.20. The van der Waals surface area contributed by atoms with E-state index < -0.39 is 0 Å². The third-order valence-electron chi connectivity index (χ3n) is 3.23. The van der Waals surface area contributed by atoms with Crippen LogP contribution < -0.4 is 5.32 Å². The average molecular weight is 271 g/mol. The van der Waals surface area contributed by atoms with E-state index in [2.05, 4.69) is 11.4 Å². The summed E-state index contributed by atoms with van der Waals surface area (Å²) in [7, 11) is 0. The summed E-state index contributed by atoms with van der Waals surface area (Å²) >= 11 is 5.96. The largest absolute Gasteiger partial charge is 0.317 e. The van der Waals surface area contributed by atoms with Crippen molar-refractivity contribution in [2.75, 3.05) is 13.1 Å². The van der Waals surface area contributed by atoms with Gasteiger partial charge in [-0.3, -0.25) is 0 Å². The van der Waals surface area contributed by atoms with E-state index in [0.29, 0.717) is 0 Å². The van der Waals surface area contributed by atoms with Crippen molar-refractivity contribution < 1.29 is 0 Å². The topological polar surface area (TPSA) is 35.8 Å². The smallest absolute Gasteiger partial charge is 0.0694 e. The van der Waals surface area contributed by atoms with Gasteiger partial charge in [0.15, 0.2) is 0 Å². The monoisotopic (exact) mass is 270 g/mol. The van der Waals surface area contributed by atoms with Gasteiger partial charge in [0.1, 0.15) is 0 Å². The van der Waals surface area contributed by atoms with Crippen LogP contribution in [-0.4, -0.2) is 13.1 Å². The van der Waals surface area contributed by atoms with Gasteiger partial charge in [-0.25, -0.2) is 0 Å². The van der Waals surface area contributed by atoms with Crippen molar-refractivity contribution in [1.82, 2.24) is 5.32 Å². The Labute approximate surface area is 113 Å². The quantitative estimate of drug-likeness (QED) is 0.896. The molecule has 0 amide bonds. The second-order valence-corrected chi connectivity index (χ2v) is 4.89. The second kappa shape index (κ2) is 6.26. The molecule has 4 heteroatoms. The number of piperidine rings is 1. The van der Waals surface area contributed by atoms with E-state index in [4.69, 9.17) is 11.6 Å². The molecule has 0 aliphatic carbocycles. The molecule has 0 aromatic heterocycles. The maximum Gasteiger partial charge on any atom is 0.0694 e. The van der Waals surface area contributed by atoms with Crippen molar-refractivity contribution in [3.8, 4) is 6.07 Å². The summed E-state index contributed by atoms with van der Waals surface area (Å²) in [6.07, 6.45) is 2.66. The molecule has 0 spiro atoms. The fourth-order valence-electron chi connectivity index (χ4n) is 2.27. The Morgan fingerprint density at radius 3 is 2.65 bits per heavy atom.